The number of sulfone groups is 1. The molecule has 0 bridgehead atoms. The molecule has 0 aliphatic rings. The second-order valence-electron chi connectivity index (χ2n) is 4.49. The van der Waals surface area contributed by atoms with Gasteiger partial charge in [-0.25, -0.2) is 8.42 Å². The Bertz CT molecular complexity index is 468. The van der Waals surface area contributed by atoms with Crippen LogP contribution in [0.3, 0.4) is 0 Å². The van der Waals surface area contributed by atoms with Crippen molar-refractivity contribution in [2.24, 2.45) is 5.73 Å². The molecule has 1 atom stereocenters. The van der Waals surface area contributed by atoms with Gasteiger partial charge in [0.1, 0.15) is 15.6 Å². The van der Waals surface area contributed by atoms with E-state index in [9.17, 15) is 8.42 Å². The largest absolute Gasteiger partial charge is 0.494 e. The van der Waals surface area contributed by atoms with Gasteiger partial charge in [0, 0.05) is 11.8 Å². The predicted octanol–water partition coefficient (Wildman–Crippen LogP) is 2.30. The van der Waals surface area contributed by atoms with Crippen LogP contribution in [0.15, 0.2) is 24.3 Å². The molecule has 1 aromatic carbocycles. The molecule has 0 saturated carbocycles. The van der Waals surface area contributed by atoms with E-state index in [1.807, 2.05) is 31.2 Å². The Morgan fingerprint density at radius 1 is 1.21 bits per heavy atom. The van der Waals surface area contributed by atoms with E-state index in [-0.39, 0.29) is 17.5 Å². The summed E-state index contributed by atoms with van der Waals surface area (Å²) in [4.78, 5) is 0. The highest BCUT2D eigenvalue weighted by Crippen LogP contribution is 2.19. The van der Waals surface area contributed by atoms with Crippen molar-refractivity contribution in [3.8, 4) is 5.75 Å². The van der Waals surface area contributed by atoms with Gasteiger partial charge in [0.2, 0.25) is 0 Å². The number of ether oxygens (including phenoxy) is 1. The third-order valence-electron chi connectivity index (χ3n) is 3.03. The summed E-state index contributed by atoms with van der Waals surface area (Å²) < 4.78 is 28.1. The van der Waals surface area contributed by atoms with Crippen molar-refractivity contribution in [2.45, 2.75) is 32.7 Å². The molecule has 1 rings (SSSR count). The standard InChI is InChI=1S/C14H23NO3S/c1-3-18-13-9-7-12(8-10-13)14(15)6-5-11-19(16,17)4-2/h7-10,14H,3-6,11,15H2,1-2H3. The zero-order valence-electron chi connectivity index (χ0n) is 11.6. The third kappa shape index (κ3) is 5.61. The van der Waals surface area contributed by atoms with Crippen LogP contribution in [0, 0.1) is 0 Å². The summed E-state index contributed by atoms with van der Waals surface area (Å²) in [6.45, 7) is 4.25. The zero-order valence-corrected chi connectivity index (χ0v) is 12.4. The number of hydrogen-bond acceptors (Lipinski definition) is 4. The molecule has 4 nitrogen and oxygen atoms in total. The highest BCUT2D eigenvalue weighted by molar-refractivity contribution is 7.91. The quantitative estimate of drug-likeness (QED) is 0.795. The van der Waals surface area contributed by atoms with Gasteiger partial charge in [-0.2, -0.15) is 0 Å². The van der Waals surface area contributed by atoms with Crippen LogP contribution in [0.1, 0.15) is 38.3 Å². The Morgan fingerprint density at radius 2 is 1.84 bits per heavy atom. The van der Waals surface area contributed by atoms with Gasteiger partial charge in [0.05, 0.1) is 12.4 Å². The first-order valence-electron chi connectivity index (χ1n) is 6.67. The van der Waals surface area contributed by atoms with Crippen molar-refractivity contribution in [2.75, 3.05) is 18.1 Å². The lowest BCUT2D eigenvalue weighted by molar-refractivity contribution is 0.340. The minimum absolute atomic E-state index is 0.122. The molecule has 0 spiro atoms. The van der Waals surface area contributed by atoms with Crippen molar-refractivity contribution in [1.82, 2.24) is 0 Å². The fourth-order valence-electron chi connectivity index (χ4n) is 1.81. The molecular formula is C14H23NO3S. The van der Waals surface area contributed by atoms with Gasteiger partial charge in [-0.15, -0.1) is 0 Å². The SMILES string of the molecule is CCOc1ccc(C(N)CCCS(=O)(=O)CC)cc1. The molecule has 0 fully saturated rings. The van der Waals surface area contributed by atoms with Crippen molar-refractivity contribution >= 4 is 9.84 Å². The van der Waals surface area contributed by atoms with E-state index >= 15 is 0 Å². The molecule has 0 saturated heterocycles. The summed E-state index contributed by atoms with van der Waals surface area (Å²) in [5.41, 5.74) is 7.07. The van der Waals surface area contributed by atoms with Crippen molar-refractivity contribution < 1.29 is 13.2 Å². The van der Waals surface area contributed by atoms with Gasteiger partial charge in [-0.05, 0) is 37.5 Å². The average Bonchev–Trinajstić information content (AvgIpc) is 2.39. The van der Waals surface area contributed by atoms with E-state index in [1.165, 1.54) is 0 Å². The minimum atomic E-state index is -2.89. The van der Waals surface area contributed by atoms with Crippen LogP contribution in [0.4, 0.5) is 0 Å². The molecule has 19 heavy (non-hydrogen) atoms. The Balaban J connectivity index is 2.47. The maximum absolute atomic E-state index is 11.4. The molecule has 1 unspecified atom stereocenters. The summed E-state index contributed by atoms with van der Waals surface area (Å²) in [6, 6.07) is 7.53. The lowest BCUT2D eigenvalue weighted by atomic mass is 10.0. The van der Waals surface area contributed by atoms with Gasteiger partial charge in [-0.1, -0.05) is 19.1 Å². The normalized spacial score (nSPS) is 13.2. The van der Waals surface area contributed by atoms with E-state index in [4.69, 9.17) is 10.5 Å². The summed E-state index contributed by atoms with van der Waals surface area (Å²) in [6.07, 6.45) is 1.28. The van der Waals surface area contributed by atoms with Crippen LogP contribution in [-0.4, -0.2) is 26.5 Å². The fourth-order valence-corrected chi connectivity index (χ4v) is 2.71. The Labute approximate surface area is 115 Å². The first-order chi connectivity index (χ1) is 8.98. The number of nitrogens with two attached hydrogens (primary N) is 1. The van der Waals surface area contributed by atoms with E-state index in [0.717, 1.165) is 11.3 Å². The summed E-state index contributed by atoms with van der Waals surface area (Å²) >= 11 is 0. The molecule has 1 aromatic rings. The maximum Gasteiger partial charge on any atom is 0.150 e. The Kier molecular flexibility index (Phi) is 6.31. The number of hydrogen-bond donors (Lipinski definition) is 1. The van der Waals surface area contributed by atoms with Crippen LogP contribution in [0.5, 0.6) is 5.75 Å². The lowest BCUT2D eigenvalue weighted by Gasteiger charge is -2.12. The molecule has 108 valence electrons. The first kappa shape index (κ1) is 16.0. The molecular weight excluding hydrogens is 262 g/mol. The number of rotatable bonds is 8. The van der Waals surface area contributed by atoms with Crippen LogP contribution in [0.25, 0.3) is 0 Å². The van der Waals surface area contributed by atoms with Crippen LogP contribution in [-0.2, 0) is 9.84 Å². The van der Waals surface area contributed by atoms with E-state index in [2.05, 4.69) is 0 Å². The average molecular weight is 285 g/mol. The summed E-state index contributed by atoms with van der Waals surface area (Å²) in [5, 5.41) is 0. The third-order valence-corrected chi connectivity index (χ3v) is 4.82. The van der Waals surface area contributed by atoms with Crippen LogP contribution >= 0.6 is 0 Å². The second-order valence-corrected chi connectivity index (χ2v) is 6.96. The van der Waals surface area contributed by atoms with Gasteiger partial charge in [-0.3, -0.25) is 0 Å². The van der Waals surface area contributed by atoms with Gasteiger partial charge in [0.15, 0.2) is 0 Å². The topological polar surface area (TPSA) is 69.4 Å². The molecule has 0 aliphatic carbocycles. The molecule has 5 heteroatoms. The minimum Gasteiger partial charge on any atom is -0.494 e. The van der Waals surface area contributed by atoms with E-state index in [0.29, 0.717) is 19.4 Å². The van der Waals surface area contributed by atoms with Gasteiger partial charge in [0.25, 0.3) is 0 Å². The van der Waals surface area contributed by atoms with Crippen molar-refractivity contribution in [3.05, 3.63) is 29.8 Å². The first-order valence-corrected chi connectivity index (χ1v) is 8.49. The zero-order chi connectivity index (χ0) is 14.3. The van der Waals surface area contributed by atoms with Crippen LogP contribution < -0.4 is 10.5 Å². The highest BCUT2D eigenvalue weighted by atomic mass is 32.2. The van der Waals surface area contributed by atoms with Crippen LogP contribution in [0.2, 0.25) is 0 Å². The van der Waals surface area contributed by atoms with Crippen molar-refractivity contribution in [3.63, 3.8) is 0 Å². The van der Waals surface area contributed by atoms with Gasteiger partial charge >= 0.3 is 0 Å². The highest BCUT2D eigenvalue weighted by Gasteiger charge is 2.10. The molecule has 0 amide bonds. The Morgan fingerprint density at radius 3 is 2.37 bits per heavy atom. The Hall–Kier alpha value is -1.07. The van der Waals surface area contributed by atoms with Gasteiger partial charge < -0.3 is 10.5 Å². The number of benzene rings is 1. The molecule has 0 aliphatic heterocycles. The molecule has 0 aromatic heterocycles. The second kappa shape index (κ2) is 7.50. The lowest BCUT2D eigenvalue weighted by Crippen LogP contribution is -2.14. The van der Waals surface area contributed by atoms with Crippen molar-refractivity contribution in [1.29, 1.82) is 0 Å². The van der Waals surface area contributed by atoms with E-state index < -0.39 is 9.84 Å². The molecule has 0 radical (unpaired) electrons. The summed E-state index contributed by atoms with van der Waals surface area (Å²) in [5.74, 6) is 1.24. The fraction of sp³-hybridized carbons (Fsp3) is 0.571. The predicted molar refractivity (Wildman–Crippen MR) is 78.1 cm³/mol. The maximum atomic E-state index is 11.4. The molecule has 2 N–H and O–H groups in total. The summed E-state index contributed by atoms with van der Waals surface area (Å²) in [7, 11) is -2.89. The molecule has 0 heterocycles. The monoisotopic (exact) mass is 285 g/mol. The smallest absolute Gasteiger partial charge is 0.150 e. The van der Waals surface area contributed by atoms with E-state index in [1.54, 1.807) is 6.92 Å².